The molecule has 0 saturated carbocycles. The van der Waals surface area contributed by atoms with Gasteiger partial charge in [-0.3, -0.25) is 14.6 Å². The lowest BCUT2D eigenvalue weighted by atomic mass is 10.1. The molecule has 1 heterocycles. The van der Waals surface area contributed by atoms with Crippen molar-refractivity contribution >= 4 is 17.5 Å². The van der Waals surface area contributed by atoms with Gasteiger partial charge in [0.05, 0.1) is 12.6 Å². The van der Waals surface area contributed by atoms with E-state index in [4.69, 9.17) is 11.6 Å². The van der Waals surface area contributed by atoms with Crippen molar-refractivity contribution < 1.29 is 4.79 Å². The number of carbonyl (C=O) groups excluding carboxylic acids is 1. The summed E-state index contributed by atoms with van der Waals surface area (Å²) in [6.07, 6.45) is 0. The molecule has 0 spiro atoms. The minimum Gasteiger partial charge on any atom is -0.348 e. The van der Waals surface area contributed by atoms with Gasteiger partial charge in [-0.05, 0) is 30.2 Å². The number of hydrogen-bond acceptors (Lipinski definition) is 3. The summed E-state index contributed by atoms with van der Waals surface area (Å²) in [4.78, 5) is 17.0. The van der Waals surface area contributed by atoms with Crippen LogP contribution < -0.4 is 5.32 Å². The topological polar surface area (TPSA) is 35.6 Å². The molecule has 138 valence electrons. The molecule has 1 fully saturated rings. The molecular weight excluding hydrogens is 346 g/mol. The average Bonchev–Trinajstić information content (AvgIpc) is 2.64. The van der Waals surface area contributed by atoms with Crippen molar-refractivity contribution in [1.82, 2.24) is 15.1 Å². The van der Waals surface area contributed by atoms with Gasteiger partial charge in [-0.25, -0.2) is 0 Å². The Morgan fingerprint density at radius 2 is 1.73 bits per heavy atom. The molecule has 1 atom stereocenters. The van der Waals surface area contributed by atoms with Crippen LogP contribution in [0.3, 0.4) is 0 Å². The van der Waals surface area contributed by atoms with Gasteiger partial charge in [0.2, 0.25) is 5.91 Å². The molecule has 4 nitrogen and oxygen atoms in total. The van der Waals surface area contributed by atoms with Crippen molar-refractivity contribution in [1.29, 1.82) is 0 Å². The lowest BCUT2D eigenvalue weighted by molar-refractivity contribution is -0.123. The first-order valence-electron chi connectivity index (χ1n) is 9.13. The lowest BCUT2D eigenvalue weighted by Crippen LogP contribution is -2.49. The van der Waals surface area contributed by atoms with Gasteiger partial charge < -0.3 is 5.32 Å². The summed E-state index contributed by atoms with van der Waals surface area (Å²) < 4.78 is 0. The lowest BCUT2D eigenvalue weighted by Gasteiger charge is -2.34. The van der Waals surface area contributed by atoms with E-state index >= 15 is 0 Å². The second kappa shape index (κ2) is 9.17. The number of amides is 1. The number of piperazine rings is 1. The minimum atomic E-state index is 0.0350. The Balaban J connectivity index is 1.41. The molecule has 26 heavy (non-hydrogen) atoms. The zero-order chi connectivity index (χ0) is 18.4. The predicted octanol–water partition coefficient (Wildman–Crippen LogP) is 3.34. The number of benzene rings is 2. The fourth-order valence-electron chi connectivity index (χ4n) is 3.31. The van der Waals surface area contributed by atoms with Crippen molar-refractivity contribution in [3.63, 3.8) is 0 Å². The molecule has 3 rings (SSSR count). The Morgan fingerprint density at radius 1 is 1.04 bits per heavy atom. The first-order chi connectivity index (χ1) is 12.6. The number of nitrogens with zero attached hydrogens (tertiary/aromatic N) is 2. The van der Waals surface area contributed by atoms with Gasteiger partial charge in [0, 0.05) is 37.7 Å². The average molecular weight is 372 g/mol. The minimum absolute atomic E-state index is 0.0350. The van der Waals surface area contributed by atoms with E-state index < -0.39 is 0 Å². The third-order valence-electron chi connectivity index (χ3n) is 4.80. The third-order valence-corrected chi connectivity index (χ3v) is 5.04. The second-order valence-electron chi connectivity index (χ2n) is 6.88. The maximum atomic E-state index is 12.3. The van der Waals surface area contributed by atoms with Gasteiger partial charge in [-0.2, -0.15) is 0 Å². The maximum absolute atomic E-state index is 12.3. The quantitative estimate of drug-likeness (QED) is 0.846. The van der Waals surface area contributed by atoms with Crippen LogP contribution in [0.4, 0.5) is 0 Å². The maximum Gasteiger partial charge on any atom is 0.234 e. The van der Waals surface area contributed by atoms with Crippen LogP contribution in [0, 0.1) is 0 Å². The van der Waals surface area contributed by atoms with Gasteiger partial charge in [-0.1, -0.05) is 54.1 Å². The van der Waals surface area contributed by atoms with Crippen LogP contribution in [-0.4, -0.2) is 48.4 Å². The fourth-order valence-corrected chi connectivity index (χ4v) is 3.53. The summed E-state index contributed by atoms with van der Waals surface area (Å²) in [5.74, 6) is 0.0876. The number of hydrogen-bond donors (Lipinski definition) is 1. The highest BCUT2D eigenvalue weighted by Crippen LogP contribution is 2.14. The molecule has 0 aromatic heterocycles. The highest BCUT2D eigenvalue weighted by atomic mass is 35.5. The van der Waals surface area contributed by atoms with Gasteiger partial charge in [0.15, 0.2) is 0 Å². The van der Waals surface area contributed by atoms with E-state index in [2.05, 4.69) is 21.2 Å². The Morgan fingerprint density at radius 3 is 2.42 bits per heavy atom. The van der Waals surface area contributed by atoms with Crippen molar-refractivity contribution in [3.8, 4) is 0 Å². The number of rotatable bonds is 6. The molecular formula is C21H26ClN3O. The number of nitrogens with one attached hydrogen (secondary N) is 1. The van der Waals surface area contributed by atoms with Gasteiger partial charge in [-0.15, -0.1) is 0 Å². The molecule has 1 N–H and O–H groups in total. The Labute approximate surface area is 160 Å². The van der Waals surface area contributed by atoms with Crippen LogP contribution in [0.25, 0.3) is 0 Å². The van der Waals surface area contributed by atoms with Crippen molar-refractivity contribution in [2.45, 2.75) is 19.5 Å². The molecule has 1 amide bonds. The van der Waals surface area contributed by atoms with Crippen LogP contribution in [0.15, 0.2) is 54.6 Å². The summed E-state index contributed by atoms with van der Waals surface area (Å²) >= 11 is 6.06. The first kappa shape index (κ1) is 18.9. The first-order valence-corrected chi connectivity index (χ1v) is 9.51. The van der Waals surface area contributed by atoms with Crippen molar-refractivity contribution in [2.24, 2.45) is 0 Å². The summed E-state index contributed by atoms with van der Waals surface area (Å²) in [6, 6.07) is 18.1. The van der Waals surface area contributed by atoms with Gasteiger partial charge >= 0.3 is 0 Å². The Hall–Kier alpha value is -1.88. The predicted molar refractivity (Wildman–Crippen MR) is 106 cm³/mol. The molecule has 2 aromatic rings. The SMILES string of the molecule is C[C@H](NC(=O)CN1CCN(Cc2cccc(Cl)c2)CC1)c1ccccc1. The highest BCUT2D eigenvalue weighted by Gasteiger charge is 2.20. The number of halogens is 1. The van der Waals surface area contributed by atoms with Crippen LogP contribution in [-0.2, 0) is 11.3 Å². The third kappa shape index (κ3) is 5.56. The van der Waals surface area contributed by atoms with E-state index in [1.165, 1.54) is 5.56 Å². The molecule has 0 radical (unpaired) electrons. The second-order valence-corrected chi connectivity index (χ2v) is 7.32. The Bertz CT molecular complexity index is 714. The van der Waals surface area contributed by atoms with Crippen LogP contribution in [0.1, 0.15) is 24.1 Å². The van der Waals surface area contributed by atoms with E-state index in [1.54, 1.807) is 0 Å². The van der Waals surface area contributed by atoms with E-state index in [-0.39, 0.29) is 11.9 Å². The zero-order valence-electron chi connectivity index (χ0n) is 15.2. The molecule has 2 aromatic carbocycles. The largest absolute Gasteiger partial charge is 0.348 e. The fraction of sp³-hybridized carbons (Fsp3) is 0.381. The number of carbonyl (C=O) groups is 1. The summed E-state index contributed by atoms with van der Waals surface area (Å²) in [5, 5.41) is 3.87. The van der Waals surface area contributed by atoms with Gasteiger partial charge in [0.25, 0.3) is 0 Å². The molecule has 1 saturated heterocycles. The van der Waals surface area contributed by atoms with E-state index in [0.717, 1.165) is 43.3 Å². The molecule has 1 aliphatic rings. The van der Waals surface area contributed by atoms with Crippen molar-refractivity contribution in [2.75, 3.05) is 32.7 Å². The van der Waals surface area contributed by atoms with Crippen molar-refractivity contribution in [3.05, 3.63) is 70.7 Å². The summed E-state index contributed by atoms with van der Waals surface area (Å²) in [7, 11) is 0. The molecule has 0 bridgehead atoms. The van der Waals surface area contributed by atoms with Crippen LogP contribution >= 0.6 is 11.6 Å². The monoisotopic (exact) mass is 371 g/mol. The normalized spacial score (nSPS) is 17.0. The molecule has 0 aliphatic carbocycles. The summed E-state index contributed by atoms with van der Waals surface area (Å²) in [5.41, 5.74) is 2.37. The standard InChI is InChI=1S/C21H26ClN3O/c1-17(19-7-3-2-4-8-19)23-21(26)16-25-12-10-24(11-13-25)15-18-6-5-9-20(22)14-18/h2-9,14,17H,10-13,15-16H2,1H3,(H,23,26)/t17-/m0/s1. The zero-order valence-corrected chi connectivity index (χ0v) is 16.0. The summed E-state index contributed by atoms with van der Waals surface area (Å²) in [6.45, 7) is 7.15. The van der Waals surface area contributed by atoms with E-state index in [1.807, 2.05) is 55.5 Å². The highest BCUT2D eigenvalue weighted by molar-refractivity contribution is 6.30. The van der Waals surface area contributed by atoms with E-state index in [9.17, 15) is 4.79 Å². The molecule has 1 aliphatic heterocycles. The smallest absolute Gasteiger partial charge is 0.234 e. The molecule has 5 heteroatoms. The van der Waals surface area contributed by atoms with E-state index in [0.29, 0.717) is 6.54 Å². The molecule has 0 unspecified atom stereocenters. The van der Waals surface area contributed by atoms with Crippen LogP contribution in [0.5, 0.6) is 0 Å². The van der Waals surface area contributed by atoms with Gasteiger partial charge in [0.1, 0.15) is 0 Å². The Kier molecular flexibility index (Phi) is 6.67. The van der Waals surface area contributed by atoms with Crippen LogP contribution in [0.2, 0.25) is 5.02 Å².